The summed E-state index contributed by atoms with van der Waals surface area (Å²) >= 11 is 7.61. The first-order chi connectivity index (χ1) is 16.7. The van der Waals surface area contributed by atoms with Crippen LogP contribution in [-0.4, -0.2) is 52.0 Å². The Hall–Kier alpha value is -2.94. The van der Waals surface area contributed by atoms with Crippen molar-refractivity contribution in [3.8, 4) is 16.5 Å². The molecule has 0 aliphatic carbocycles. The van der Waals surface area contributed by atoms with Gasteiger partial charge in [-0.25, -0.2) is 4.68 Å². The van der Waals surface area contributed by atoms with E-state index in [0.29, 0.717) is 13.3 Å². The standard InChI is InChI=1S/C26H29N5OS2/c1-2-32-23-12-7-6-11-22(23)29-16-14-28(15-17-29)20-31-26(33)30(19-21-9-4-3-5-10-21)25(27-31)24-13-8-18-34-24/h3-13,18H,2,14-17,19-20H2,1H3. The Morgan fingerprint density at radius 3 is 2.44 bits per heavy atom. The number of piperazine rings is 1. The first-order valence-electron chi connectivity index (χ1n) is 11.7. The van der Waals surface area contributed by atoms with Gasteiger partial charge in [0.05, 0.1) is 30.4 Å². The van der Waals surface area contributed by atoms with E-state index in [1.54, 1.807) is 11.3 Å². The number of anilines is 1. The van der Waals surface area contributed by atoms with E-state index in [0.717, 1.165) is 53.9 Å². The molecule has 0 saturated carbocycles. The summed E-state index contributed by atoms with van der Waals surface area (Å²) in [6.45, 7) is 7.89. The first-order valence-corrected chi connectivity index (χ1v) is 13.0. The van der Waals surface area contributed by atoms with Crippen LogP contribution in [0.1, 0.15) is 12.5 Å². The maximum Gasteiger partial charge on any atom is 0.199 e. The van der Waals surface area contributed by atoms with Crippen molar-refractivity contribution in [2.45, 2.75) is 20.1 Å². The van der Waals surface area contributed by atoms with Crippen molar-refractivity contribution in [2.24, 2.45) is 0 Å². The average Bonchev–Trinajstić information content (AvgIpc) is 3.51. The predicted octanol–water partition coefficient (Wildman–Crippen LogP) is 5.37. The van der Waals surface area contributed by atoms with E-state index in [1.165, 1.54) is 11.3 Å². The third-order valence-corrected chi connectivity index (χ3v) is 7.36. The van der Waals surface area contributed by atoms with E-state index in [4.69, 9.17) is 22.1 Å². The SMILES string of the molecule is CCOc1ccccc1N1CCN(Cn2nc(-c3cccs3)n(Cc3ccccc3)c2=S)CC1. The minimum atomic E-state index is 0.674. The van der Waals surface area contributed by atoms with Crippen molar-refractivity contribution in [1.29, 1.82) is 0 Å². The van der Waals surface area contributed by atoms with E-state index >= 15 is 0 Å². The summed E-state index contributed by atoms with van der Waals surface area (Å²) in [5.41, 5.74) is 2.39. The molecule has 0 unspecified atom stereocenters. The summed E-state index contributed by atoms with van der Waals surface area (Å²) < 4.78 is 10.7. The molecule has 4 aromatic rings. The molecular formula is C26H29N5OS2. The number of hydrogen-bond acceptors (Lipinski definition) is 6. The molecule has 6 nitrogen and oxygen atoms in total. The van der Waals surface area contributed by atoms with E-state index in [1.807, 2.05) is 23.7 Å². The topological polar surface area (TPSA) is 38.5 Å². The van der Waals surface area contributed by atoms with Crippen molar-refractivity contribution in [2.75, 3.05) is 37.7 Å². The normalized spacial score (nSPS) is 14.4. The lowest BCUT2D eigenvalue weighted by atomic mass is 10.2. The first kappa shape index (κ1) is 22.8. The molecule has 0 amide bonds. The Morgan fingerprint density at radius 2 is 1.71 bits per heavy atom. The van der Waals surface area contributed by atoms with Crippen LogP contribution in [-0.2, 0) is 13.2 Å². The second-order valence-corrected chi connectivity index (χ2v) is 9.61. The third-order valence-electron chi connectivity index (χ3n) is 6.06. The molecule has 3 heterocycles. The monoisotopic (exact) mass is 491 g/mol. The smallest absolute Gasteiger partial charge is 0.199 e. The highest BCUT2D eigenvalue weighted by molar-refractivity contribution is 7.71. The molecular weight excluding hydrogens is 462 g/mol. The number of benzene rings is 2. The van der Waals surface area contributed by atoms with Gasteiger partial charge in [-0.1, -0.05) is 48.5 Å². The maximum absolute atomic E-state index is 5.91. The molecule has 2 aromatic carbocycles. The molecule has 34 heavy (non-hydrogen) atoms. The number of aromatic nitrogens is 3. The van der Waals surface area contributed by atoms with Crippen molar-refractivity contribution < 1.29 is 4.74 Å². The number of nitrogens with zero attached hydrogens (tertiary/aromatic N) is 5. The van der Waals surface area contributed by atoms with Gasteiger partial charge in [0.1, 0.15) is 5.75 Å². The summed E-state index contributed by atoms with van der Waals surface area (Å²) in [6.07, 6.45) is 0. The molecule has 0 spiro atoms. The zero-order chi connectivity index (χ0) is 23.3. The largest absolute Gasteiger partial charge is 0.492 e. The Morgan fingerprint density at radius 1 is 0.941 bits per heavy atom. The van der Waals surface area contributed by atoms with Gasteiger partial charge < -0.3 is 9.64 Å². The van der Waals surface area contributed by atoms with Crippen molar-refractivity contribution in [3.63, 3.8) is 0 Å². The molecule has 1 fully saturated rings. The van der Waals surface area contributed by atoms with Crippen molar-refractivity contribution in [1.82, 2.24) is 19.2 Å². The van der Waals surface area contributed by atoms with E-state index in [-0.39, 0.29) is 0 Å². The Labute approximate surface area is 209 Å². The molecule has 0 N–H and O–H groups in total. The molecule has 0 bridgehead atoms. The molecule has 176 valence electrons. The van der Waals surface area contributed by atoms with Gasteiger partial charge in [0.15, 0.2) is 10.6 Å². The predicted molar refractivity (Wildman–Crippen MR) is 141 cm³/mol. The number of ether oxygens (including phenoxy) is 1. The number of hydrogen-bond donors (Lipinski definition) is 0. The highest BCUT2D eigenvalue weighted by Gasteiger charge is 2.22. The van der Waals surface area contributed by atoms with Crippen molar-refractivity contribution in [3.05, 3.63) is 82.4 Å². The minimum absolute atomic E-state index is 0.674. The molecule has 2 aromatic heterocycles. The van der Waals surface area contributed by atoms with Gasteiger partial charge in [-0.05, 0) is 48.3 Å². The summed E-state index contributed by atoms with van der Waals surface area (Å²) in [5, 5.41) is 7.06. The Bertz CT molecular complexity index is 1260. The average molecular weight is 492 g/mol. The van der Waals surface area contributed by atoms with Crippen LogP contribution in [0.5, 0.6) is 5.75 Å². The van der Waals surface area contributed by atoms with Gasteiger partial charge in [-0.3, -0.25) is 9.47 Å². The molecule has 1 aliphatic heterocycles. The lowest BCUT2D eigenvalue weighted by Gasteiger charge is -2.36. The van der Waals surface area contributed by atoms with Gasteiger partial charge in [0, 0.05) is 26.2 Å². The lowest BCUT2D eigenvalue weighted by molar-refractivity contribution is 0.193. The van der Waals surface area contributed by atoms with E-state index < -0.39 is 0 Å². The number of para-hydroxylation sites is 2. The fraction of sp³-hybridized carbons (Fsp3) is 0.308. The van der Waals surface area contributed by atoms with Crippen LogP contribution in [0.4, 0.5) is 5.69 Å². The third kappa shape index (κ3) is 4.94. The fourth-order valence-corrected chi connectivity index (χ4v) is 5.31. The van der Waals surface area contributed by atoms with Gasteiger partial charge in [-0.15, -0.1) is 16.4 Å². The quantitative estimate of drug-likeness (QED) is 0.310. The van der Waals surface area contributed by atoms with Crippen LogP contribution in [0.15, 0.2) is 72.1 Å². The number of thiophene rings is 1. The highest BCUT2D eigenvalue weighted by atomic mass is 32.1. The van der Waals surface area contributed by atoms with E-state index in [9.17, 15) is 0 Å². The van der Waals surface area contributed by atoms with Crippen LogP contribution in [0.25, 0.3) is 10.7 Å². The molecule has 5 rings (SSSR count). The van der Waals surface area contributed by atoms with Crippen LogP contribution >= 0.6 is 23.6 Å². The summed E-state index contributed by atoms with van der Waals surface area (Å²) in [7, 11) is 0. The van der Waals surface area contributed by atoms with Crippen LogP contribution in [0.3, 0.4) is 0 Å². The molecule has 1 saturated heterocycles. The van der Waals surface area contributed by atoms with Crippen LogP contribution in [0.2, 0.25) is 0 Å². The zero-order valence-electron chi connectivity index (χ0n) is 19.3. The lowest BCUT2D eigenvalue weighted by Crippen LogP contribution is -2.47. The Balaban J connectivity index is 1.33. The molecule has 0 radical (unpaired) electrons. The number of rotatable bonds is 8. The second kappa shape index (κ2) is 10.5. The molecule has 8 heteroatoms. The zero-order valence-corrected chi connectivity index (χ0v) is 21.0. The molecule has 0 atom stereocenters. The second-order valence-electron chi connectivity index (χ2n) is 8.30. The summed E-state index contributed by atoms with van der Waals surface area (Å²) in [5.74, 6) is 1.90. The summed E-state index contributed by atoms with van der Waals surface area (Å²) in [6, 6.07) is 22.9. The van der Waals surface area contributed by atoms with Crippen molar-refractivity contribution >= 4 is 29.2 Å². The highest BCUT2D eigenvalue weighted by Crippen LogP contribution is 2.29. The molecule has 1 aliphatic rings. The van der Waals surface area contributed by atoms with Gasteiger partial charge in [0.25, 0.3) is 0 Å². The summed E-state index contributed by atoms with van der Waals surface area (Å²) in [4.78, 5) is 5.97. The van der Waals surface area contributed by atoms with Crippen LogP contribution < -0.4 is 9.64 Å². The Kier molecular flexibility index (Phi) is 7.08. The van der Waals surface area contributed by atoms with Crippen LogP contribution in [0, 0.1) is 4.77 Å². The van der Waals surface area contributed by atoms with Gasteiger partial charge in [0.2, 0.25) is 0 Å². The maximum atomic E-state index is 5.91. The fourth-order valence-electron chi connectivity index (χ4n) is 4.35. The van der Waals surface area contributed by atoms with Gasteiger partial charge >= 0.3 is 0 Å². The van der Waals surface area contributed by atoms with E-state index in [2.05, 4.69) is 74.3 Å². The minimum Gasteiger partial charge on any atom is -0.492 e. The van der Waals surface area contributed by atoms with Gasteiger partial charge in [-0.2, -0.15) is 0 Å².